The van der Waals surface area contributed by atoms with E-state index in [1.54, 1.807) is 0 Å². The topological polar surface area (TPSA) is 49.3 Å². The van der Waals surface area contributed by atoms with Crippen LogP contribution in [0.25, 0.3) is 0 Å². The van der Waals surface area contributed by atoms with Gasteiger partial charge in [-0.05, 0) is 0 Å². The Balaban J connectivity index is 2.48. The Morgan fingerprint density at radius 1 is 1.89 bits per heavy atom. The molecule has 1 fully saturated rings. The van der Waals surface area contributed by atoms with Crippen LogP contribution in [0.5, 0.6) is 0 Å². The van der Waals surface area contributed by atoms with E-state index in [2.05, 4.69) is 5.32 Å². The van der Waals surface area contributed by atoms with Crippen molar-refractivity contribution in [1.82, 2.24) is 5.32 Å². The number of nitrogens with one attached hydrogen (secondary N) is 1. The maximum absolute atomic E-state index is 10.2. The van der Waals surface area contributed by atoms with E-state index >= 15 is 0 Å². The highest BCUT2D eigenvalue weighted by Gasteiger charge is 2.24. The summed E-state index contributed by atoms with van der Waals surface area (Å²) in [5.74, 6) is -0.810. The van der Waals surface area contributed by atoms with Crippen LogP contribution in [0.4, 0.5) is 0 Å². The second kappa shape index (κ2) is 2.41. The van der Waals surface area contributed by atoms with Gasteiger partial charge in [0.2, 0.25) is 0 Å². The quantitative estimate of drug-likeness (QED) is 0.502. The van der Waals surface area contributed by atoms with Crippen molar-refractivity contribution in [2.24, 2.45) is 0 Å². The summed E-state index contributed by atoms with van der Waals surface area (Å²) in [6.45, 7) is 0.576. The minimum Gasteiger partial charge on any atom is -0.480 e. The lowest BCUT2D eigenvalue weighted by molar-refractivity contribution is -0.138. The summed E-state index contributed by atoms with van der Waals surface area (Å²) >= 11 is 4.79. The highest BCUT2D eigenvalue weighted by Crippen LogP contribution is 2.02. The monoisotopic (exact) mass is 145 g/mol. The van der Waals surface area contributed by atoms with Gasteiger partial charge in [0, 0.05) is 17.8 Å². The molecule has 1 heterocycles. The van der Waals surface area contributed by atoms with Gasteiger partial charge in [-0.2, -0.15) is 0 Å². The van der Waals surface area contributed by atoms with Gasteiger partial charge >= 0.3 is 5.97 Å². The lowest BCUT2D eigenvalue weighted by atomic mass is 10.2. The summed E-state index contributed by atoms with van der Waals surface area (Å²) in [7, 11) is 0. The molecule has 0 aromatic carbocycles. The molecule has 0 aromatic heterocycles. The van der Waals surface area contributed by atoms with Crippen LogP contribution in [-0.2, 0) is 4.79 Å². The van der Waals surface area contributed by atoms with Crippen LogP contribution >= 0.6 is 12.2 Å². The van der Waals surface area contributed by atoms with Crippen LogP contribution in [0.15, 0.2) is 0 Å². The minimum atomic E-state index is -0.810. The molecule has 2 N–H and O–H groups in total. The van der Waals surface area contributed by atoms with Crippen molar-refractivity contribution in [2.45, 2.75) is 12.5 Å². The summed E-state index contributed by atoms with van der Waals surface area (Å²) in [5, 5.41) is 11.2. The zero-order valence-electron chi connectivity index (χ0n) is 4.76. The number of rotatable bonds is 1. The van der Waals surface area contributed by atoms with Crippen molar-refractivity contribution in [2.75, 3.05) is 6.54 Å². The van der Waals surface area contributed by atoms with E-state index in [1.165, 1.54) is 0 Å². The molecule has 50 valence electrons. The molecule has 0 aromatic rings. The minimum absolute atomic E-state index is 0.433. The molecule has 3 nitrogen and oxygen atoms in total. The van der Waals surface area contributed by atoms with Crippen LogP contribution in [0.3, 0.4) is 0 Å². The molecule has 0 bridgehead atoms. The van der Waals surface area contributed by atoms with Crippen molar-refractivity contribution in [3.05, 3.63) is 0 Å². The maximum atomic E-state index is 10.2. The fraction of sp³-hybridized carbons (Fsp3) is 0.600. The molecule has 1 aliphatic rings. The molecular weight excluding hydrogens is 138 g/mol. The molecule has 0 radical (unpaired) electrons. The zero-order chi connectivity index (χ0) is 6.85. The van der Waals surface area contributed by atoms with Crippen molar-refractivity contribution in [3.8, 4) is 0 Å². The Kier molecular flexibility index (Phi) is 1.78. The highest BCUT2D eigenvalue weighted by atomic mass is 32.1. The van der Waals surface area contributed by atoms with Gasteiger partial charge in [-0.25, -0.2) is 0 Å². The van der Waals surface area contributed by atoms with Gasteiger partial charge in [0.05, 0.1) is 0 Å². The second-order valence-electron chi connectivity index (χ2n) is 2.01. The highest BCUT2D eigenvalue weighted by molar-refractivity contribution is 7.80. The number of aliphatic carboxylic acids is 1. The van der Waals surface area contributed by atoms with E-state index in [1.807, 2.05) is 0 Å². The van der Waals surface area contributed by atoms with Gasteiger partial charge < -0.3 is 5.11 Å². The van der Waals surface area contributed by atoms with E-state index in [0.717, 1.165) is 4.86 Å². The van der Waals surface area contributed by atoms with E-state index < -0.39 is 12.0 Å². The van der Waals surface area contributed by atoms with Crippen molar-refractivity contribution < 1.29 is 9.90 Å². The predicted octanol–water partition coefficient (Wildman–Crippen LogP) is -0.197. The van der Waals surface area contributed by atoms with Crippen molar-refractivity contribution in [3.63, 3.8) is 0 Å². The summed E-state index contributed by atoms with van der Waals surface area (Å²) in [6, 6.07) is -0.433. The molecule has 1 atom stereocenters. The third-order valence-electron chi connectivity index (χ3n) is 1.28. The third-order valence-corrected chi connectivity index (χ3v) is 1.59. The Labute approximate surface area is 58.1 Å². The summed E-state index contributed by atoms with van der Waals surface area (Å²) in [4.78, 5) is 11.0. The van der Waals surface area contributed by atoms with Crippen LogP contribution in [0.2, 0.25) is 0 Å². The smallest absolute Gasteiger partial charge is 0.321 e. The normalized spacial score (nSPS) is 26.7. The third kappa shape index (κ3) is 1.46. The largest absolute Gasteiger partial charge is 0.480 e. The number of thiocarbonyl (C=S) groups is 1. The number of hydrogen-bond donors (Lipinski definition) is 2. The summed E-state index contributed by atoms with van der Waals surface area (Å²) in [6.07, 6.45) is 0.505. The number of hydrogen-bond acceptors (Lipinski definition) is 3. The first-order valence-corrected chi connectivity index (χ1v) is 3.09. The maximum Gasteiger partial charge on any atom is 0.321 e. The Morgan fingerprint density at radius 2 is 2.56 bits per heavy atom. The number of carboxylic acids is 1. The molecule has 9 heavy (non-hydrogen) atoms. The van der Waals surface area contributed by atoms with E-state index in [0.29, 0.717) is 13.0 Å². The first-order valence-electron chi connectivity index (χ1n) is 2.68. The molecule has 0 unspecified atom stereocenters. The predicted molar refractivity (Wildman–Crippen MR) is 36.6 cm³/mol. The van der Waals surface area contributed by atoms with Gasteiger partial charge in [0.1, 0.15) is 6.04 Å². The summed E-state index contributed by atoms with van der Waals surface area (Å²) in [5.41, 5.74) is 0. The first kappa shape index (κ1) is 6.64. The van der Waals surface area contributed by atoms with Gasteiger partial charge in [-0.1, -0.05) is 12.2 Å². The van der Waals surface area contributed by atoms with Gasteiger partial charge in [-0.3, -0.25) is 10.1 Å². The van der Waals surface area contributed by atoms with E-state index in [9.17, 15) is 4.79 Å². The van der Waals surface area contributed by atoms with Crippen LogP contribution < -0.4 is 5.32 Å². The SMILES string of the molecule is O=C(O)[C@@H]1CC(=S)CN1. The molecule has 0 spiro atoms. The second-order valence-corrected chi connectivity index (χ2v) is 2.59. The molecule has 1 aliphatic heterocycles. The fourth-order valence-electron chi connectivity index (χ4n) is 0.784. The average molecular weight is 145 g/mol. The molecule has 0 aliphatic carbocycles. The molecule has 0 saturated carbocycles. The fourth-order valence-corrected chi connectivity index (χ4v) is 1.03. The number of carboxylic acid groups (broad SMARTS) is 1. The molecule has 1 saturated heterocycles. The lowest BCUT2D eigenvalue weighted by Gasteiger charge is -1.98. The van der Waals surface area contributed by atoms with Gasteiger partial charge in [0.15, 0.2) is 0 Å². The molecule has 0 amide bonds. The molecular formula is C5H7NO2S. The Bertz CT molecular complexity index is 157. The zero-order valence-corrected chi connectivity index (χ0v) is 5.57. The van der Waals surface area contributed by atoms with Crippen LogP contribution in [-0.4, -0.2) is 28.5 Å². The van der Waals surface area contributed by atoms with Gasteiger partial charge in [-0.15, -0.1) is 0 Å². The Morgan fingerprint density at radius 3 is 2.78 bits per heavy atom. The lowest BCUT2D eigenvalue weighted by Crippen LogP contribution is -2.29. The molecule has 1 rings (SSSR count). The van der Waals surface area contributed by atoms with E-state index in [4.69, 9.17) is 17.3 Å². The average Bonchev–Trinajstić information content (AvgIpc) is 2.14. The standard InChI is InChI=1S/C5H7NO2S/c7-5(8)4-1-3(9)2-6-4/h4,6H,1-2H2,(H,7,8)/t4-/m0/s1. The first-order chi connectivity index (χ1) is 4.20. The number of carbonyl (C=O) groups is 1. The van der Waals surface area contributed by atoms with Crippen molar-refractivity contribution >= 4 is 23.1 Å². The van der Waals surface area contributed by atoms with E-state index in [-0.39, 0.29) is 0 Å². The molecule has 4 heteroatoms. The summed E-state index contributed by atoms with van der Waals surface area (Å²) < 4.78 is 0. The van der Waals surface area contributed by atoms with Crippen molar-refractivity contribution in [1.29, 1.82) is 0 Å². The Hall–Kier alpha value is -0.480. The van der Waals surface area contributed by atoms with Crippen LogP contribution in [0, 0.1) is 0 Å². The van der Waals surface area contributed by atoms with Gasteiger partial charge in [0.25, 0.3) is 0 Å². The van der Waals surface area contributed by atoms with Crippen LogP contribution in [0.1, 0.15) is 6.42 Å².